The monoisotopic (exact) mass is 344 g/mol. The summed E-state index contributed by atoms with van der Waals surface area (Å²) >= 11 is 0. The molecule has 0 heterocycles. The molecule has 0 aromatic heterocycles. The van der Waals surface area contributed by atoms with Gasteiger partial charge < -0.3 is 30.1 Å². The Kier molecular flexibility index (Phi) is 10.9. The minimum Gasteiger partial charge on any atom is -1.00 e. The second-order valence-corrected chi connectivity index (χ2v) is 5.47. The Balaban J connectivity index is 0. The quantitative estimate of drug-likeness (QED) is 0.606. The fourth-order valence-electron chi connectivity index (χ4n) is 1.94. The maximum Gasteiger partial charge on any atom is 3.00 e. The molecule has 0 saturated carbocycles. The number of hydrogen-bond acceptors (Lipinski definition) is 0. The van der Waals surface area contributed by atoms with Crippen LogP contribution in [0.5, 0.6) is 0 Å². The van der Waals surface area contributed by atoms with Crippen LogP contribution in [0.4, 0.5) is 0 Å². The van der Waals surface area contributed by atoms with E-state index in [0.29, 0.717) is 0 Å². The van der Waals surface area contributed by atoms with Gasteiger partial charge in [-0.2, -0.15) is 0 Å². The van der Waals surface area contributed by atoms with Gasteiger partial charge in [0.25, 0.3) is 0 Å². The van der Waals surface area contributed by atoms with Crippen LogP contribution >= 0.6 is 0 Å². The summed E-state index contributed by atoms with van der Waals surface area (Å²) in [6.07, 6.45) is 7.59. The molecule has 0 spiro atoms. The molecule has 0 saturated heterocycles. The van der Waals surface area contributed by atoms with Crippen molar-refractivity contribution in [2.75, 3.05) is 0 Å². The third-order valence-corrected chi connectivity index (χ3v) is 2.86. The Morgan fingerprint density at radius 2 is 1.75 bits per heavy atom. The third-order valence-electron chi connectivity index (χ3n) is 2.86. The second kappa shape index (κ2) is 9.81. The summed E-state index contributed by atoms with van der Waals surface area (Å²) in [6.45, 7) is 7.24. The number of hydrogen-bond donors (Lipinski definition) is 0. The zero-order chi connectivity index (χ0) is 12.3. The Labute approximate surface area is 150 Å². The van der Waals surface area contributed by atoms with Gasteiger partial charge in [-0.1, -0.05) is 68.8 Å². The fourth-order valence-corrected chi connectivity index (χ4v) is 1.94. The molecule has 1 aromatic carbocycles. The summed E-state index contributed by atoms with van der Waals surface area (Å²) in [4.78, 5) is 0. The summed E-state index contributed by atoms with van der Waals surface area (Å²) in [5.41, 5.74) is 4.13. The molecule has 0 bridgehead atoms. The first kappa shape index (κ1) is 22.2. The van der Waals surface area contributed by atoms with Crippen LogP contribution in [-0.4, -0.2) is 5.54 Å². The van der Waals surface area contributed by atoms with Crippen LogP contribution in [0.25, 0.3) is 10.9 Å². The average molecular weight is 345 g/mol. The Morgan fingerprint density at radius 3 is 2.30 bits per heavy atom. The van der Waals surface area contributed by atoms with E-state index in [0.717, 1.165) is 13.0 Å². The van der Waals surface area contributed by atoms with Gasteiger partial charge in [0.2, 0.25) is 0 Å². The first-order valence-electron chi connectivity index (χ1n) is 6.19. The van der Waals surface area contributed by atoms with Crippen LogP contribution in [0, 0.1) is 0 Å². The maximum absolute atomic E-state index is 4.71. The molecule has 0 amide bonds. The van der Waals surface area contributed by atoms with Crippen LogP contribution in [0.15, 0.2) is 42.5 Å². The molecule has 4 heteroatoms. The fraction of sp³-hybridized carbons (Fsp3) is 0.375. The van der Waals surface area contributed by atoms with Gasteiger partial charge in [-0.05, 0) is 17.6 Å². The van der Waals surface area contributed by atoms with Crippen molar-refractivity contribution in [2.24, 2.45) is 0 Å². The van der Waals surface area contributed by atoms with E-state index in [2.05, 4.69) is 63.3 Å². The molecule has 1 aromatic rings. The van der Waals surface area contributed by atoms with E-state index in [1.165, 1.54) is 16.7 Å². The molecule has 0 atom stereocenters. The standard InChI is InChI=1S/C16H20N.2ClH.Ti/c1-16(2,3)17-12-14-10-6-7-11-15(14)13-8-4-5-9-13;;;/h4-8,10-11H,9,12H2,1-3H3;2*1H;/q-1;;;+3/p-2. The van der Waals surface area contributed by atoms with Gasteiger partial charge in [0.15, 0.2) is 0 Å². The Morgan fingerprint density at radius 1 is 1.10 bits per heavy atom. The number of rotatable bonds is 3. The molecular weight excluding hydrogens is 325 g/mol. The molecule has 1 nitrogen and oxygen atoms in total. The van der Waals surface area contributed by atoms with E-state index in [-0.39, 0.29) is 52.1 Å². The van der Waals surface area contributed by atoms with E-state index < -0.39 is 0 Å². The normalized spacial score (nSPS) is 12.8. The van der Waals surface area contributed by atoms with Crippen molar-refractivity contribution < 1.29 is 46.5 Å². The summed E-state index contributed by atoms with van der Waals surface area (Å²) in [5.74, 6) is 0. The van der Waals surface area contributed by atoms with Gasteiger partial charge in [0.05, 0.1) is 0 Å². The van der Waals surface area contributed by atoms with Crippen molar-refractivity contribution >= 4 is 5.57 Å². The third kappa shape index (κ3) is 6.60. The first-order chi connectivity index (χ1) is 8.06. The average Bonchev–Trinajstić information content (AvgIpc) is 2.79. The summed E-state index contributed by atoms with van der Waals surface area (Å²) in [6, 6.07) is 8.59. The molecule has 1 radical (unpaired) electrons. The topological polar surface area (TPSA) is 14.1 Å². The van der Waals surface area contributed by atoms with Gasteiger partial charge >= 0.3 is 21.7 Å². The number of benzene rings is 1. The van der Waals surface area contributed by atoms with Gasteiger partial charge in [-0.25, -0.2) is 0 Å². The second-order valence-electron chi connectivity index (χ2n) is 5.47. The predicted molar refractivity (Wildman–Crippen MR) is 75.0 cm³/mol. The molecule has 1 aliphatic rings. The van der Waals surface area contributed by atoms with Crippen LogP contribution < -0.4 is 24.8 Å². The maximum atomic E-state index is 4.71. The van der Waals surface area contributed by atoms with Crippen molar-refractivity contribution in [3.63, 3.8) is 0 Å². The molecule has 20 heavy (non-hydrogen) atoms. The number of halogens is 2. The molecule has 107 valence electrons. The minimum atomic E-state index is 0. The Bertz CT molecular complexity index is 462. The summed E-state index contributed by atoms with van der Waals surface area (Å²) in [5, 5.41) is 4.71. The van der Waals surface area contributed by atoms with Crippen molar-refractivity contribution in [3.8, 4) is 0 Å². The molecule has 0 N–H and O–H groups in total. The van der Waals surface area contributed by atoms with Crippen molar-refractivity contribution in [3.05, 3.63) is 58.9 Å². The van der Waals surface area contributed by atoms with Crippen molar-refractivity contribution in [1.29, 1.82) is 0 Å². The number of allylic oxidation sites excluding steroid dienone is 4. The van der Waals surface area contributed by atoms with Crippen molar-refractivity contribution in [1.82, 2.24) is 0 Å². The van der Waals surface area contributed by atoms with Gasteiger partial charge in [0.1, 0.15) is 0 Å². The summed E-state index contributed by atoms with van der Waals surface area (Å²) < 4.78 is 0. The first-order valence-corrected chi connectivity index (χ1v) is 6.19. The molecule has 0 aliphatic heterocycles. The largest absolute Gasteiger partial charge is 3.00 e. The minimum absolute atomic E-state index is 0. The van der Waals surface area contributed by atoms with Crippen LogP contribution in [0.2, 0.25) is 0 Å². The molecule has 0 unspecified atom stereocenters. The van der Waals surface area contributed by atoms with E-state index in [4.69, 9.17) is 5.32 Å². The predicted octanol–water partition coefficient (Wildman–Crippen LogP) is -1.29. The van der Waals surface area contributed by atoms with Gasteiger partial charge in [-0.15, -0.1) is 12.1 Å². The summed E-state index contributed by atoms with van der Waals surface area (Å²) in [7, 11) is 0. The van der Waals surface area contributed by atoms with Crippen LogP contribution in [-0.2, 0) is 28.3 Å². The smallest absolute Gasteiger partial charge is 1.00 e. The zero-order valence-electron chi connectivity index (χ0n) is 12.2. The molecule has 1 aliphatic carbocycles. The SMILES string of the molecule is CC(C)(C)[N-]Cc1ccccc1C1=CC=CC1.[Cl-].[Cl-].[Ti+3]. The van der Waals surface area contributed by atoms with E-state index >= 15 is 0 Å². The van der Waals surface area contributed by atoms with Crippen LogP contribution in [0.1, 0.15) is 38.3 Å². The van der Waals surface area contributed by atoms with E-state index in [1.807, 2.05) is 0 Å². The molecular formula is C16H20Cl2NTi. The van der Waals surface area contributed by atoms with Crippen molar-refractivity contribution in [2.45, 2.75) is 39.3 Å². The Hall–Kier alpha value is -0.0457. The van der Waals surface area contributed by atoms with Gasteiger partial charge in [0, 0.05) is 0 Å². The van der Waals surface area contributed by atoms with E-state index in [9.17, 15) is 0 Å². The molecule has 2 rings (SSSR count). The zero-order valence-corrected chi connectivity index (χ0v) is 15.2. The number of nitrogens with zero attached hydrogens (tertiary/aromatic N) is 1. The van der Waals surface area contributed by atoms with Crippen LogP contribution in [0.3, 0.4) is 0 Å². The molecule has 0 fully saturated rings. The van der Waals surface area contributed by atoms with Gasteiger partial charge in [-0.3, -0.25) is 0 Å². The van der Waals surface area contributed by atoms with E-state index in [1.54, 1.807) is 0 Å².